The van der Waals surface area contributed by atoms with E-state index in [4.69, 9.17) is 4.74 Å². The van der Waals surface area contributed by atoms with Gasteiger partial charge in [-0.1, -0.05) is 15.9 Å². The molecular weight excluding hydrogens is 376 g/mol. The van der Waals surface area contributed by atoms with E-state index in [2.05, 4.69) is 42.5 Å². The molecule has 1 atom stereocenters. The maximum absolute atomic E-state index is 11.9. The van der Waals surface area contributed by atoms with Gasteiger partial charge in [-0.05, 0) is 47.5 Å². The number of nitrogens with one attached hydrogen (secondary N) is 2. The van der Waals surface area contributed by atoms with Crippen LogP contribution in [0.1, 0.15) is 13.3 Å². The minimum absolute atomic E-state index is 0.0250. The molecule has 0 heterocycles. The third-order valence-corrected chi connectivity index (χ3v) is 3.70. The van der Waals surface area contributed by atoms with Gasteiger partial charge in [-0.25, -0.2) is 0 Å². The highest BCUT2D eigenvalue weighted by molar-refractivity contribution is 9.11. The van der Waals surface area contributed by atoms with Gasteiger partial charge in [0.1, 0.15) is 6.04 Å². The van der Waals surface area contributed by atoms with Crippen LogP contribution in [0, 0.1) is 0 Å². The van der Waals surface area contributed by atoms with E-state index in [0.717, 1.165) is 21.1 Å². The number of halogens is 2. The second kappa shape index (κ2) is 8.55. The SMILES string of the molecule is COCCCNC(=O)C(C)Nc1cc(Br)ccc1Br. The number of anilines is 1. The summed E-state index contributed by atoms with van der Waals surface area (Å²) in [5.74, 6) is -0.0250. The summed E-state index contributed by atoms with van der Waals surface area (Å²) in [4.78, 5) is 11.9. The summed E-state index contributed by atoms with van der Waals surface area (Å²) in [6.07, 6.45) is 0.815. The van der Waals surface area contributed by atoms with Gasteiger partial charge in [0, 0.05) is 29.2 Å². The summed E-state index contributed by atoms with van der Waals surface area (Å²) in [5.41, 5.74) is 0.883. The molecule has 6 heteroatoms. The normalized spacial score (nSPS) is 12.0. The van der Waals surface area contributed by atoms with Crippen LogP contribution in [0.15, 0.2) is 27.1 Å². The average Bonchev–Trinajstić information content (AvgIpc) is 2.38. The van der Waals surface area contributed by atoms with Crippen LogP contribution in [0.25, 0.3) is 0 Å². The smallest absolute Gasteiger partial charge is 0.242 e. The predicted molar refractivity (Wildman–Crippen MR) is 84.4 cm³/mol. The molecule has 0 saturated heterocycles. The third kappa shape index (κ3) is 5.93. The quantitative estimate of drug-likeness (QED) is 0.699. The fraction of sp³-hybridized carbons (Fsp3) is 0.462. The number of methoxy groups -OCH3 is 1. The average molecular weight is 394 g/mol. The number of rotatable bonds is 7. The molecule has 4 nitrogen and oxygen atoms in total. The van der Waals surface area contributed by atoms with Crippen LogP contribution in [0.3, 0.4) is 0 Å². The van der Waals surface area contributed by atoms with E-state index in [-0.39, 0.29) is 11.9 Å². The molecule has 1 unspecified atom stereocenters. The zero-order valence-corrected chi connectivity index (χ0v) is 14.2. The monoisotopic (exact) mass is 392 g/mol. The van der Waals surface area contributed by atoms with E-state index >= 15 is 0 Å². The van der Waals surface area contributed by atoms with Gasteiger partial charge in [-0.3, -0.25) is 4.79 Å². The lowest BCUT2D eigenvalue weighted by atomic mass is 10.2. The van der Waals surface area contributed by atoms with Crippen molar-refractivity contribution in [2.24, 2.45) is 0 Å². The van der Waals surface area contributed by atoms with Gasteiger partial charge in [-0.2, -0.15) is 0 Å². The standard InChI is InChI=1S/C13H18Br2N2O2/c1-9(13(18)16-6-3-7-19-2)17-12-8-10(14)4-5-11(12)15/h4-5,8-9,17H,3,6-7H2,1-2H3,(H,16,18). The lowest BCUT2D eigenvalue weighted by molar-refractivity contribution is -0.121. The van der Waals surface area contributed by atoms with Crippen molar-refractivity contribution >= 4 is 43.5 Å². The van der Waals surface area contributed by atoms with Gasteiger partial charge in [0.25, 0.3) is 0 Å². The van der Waals surface area contributed by atoms with Crippen molar-refractivity contribution in [1.29, 1.82) is 0 Å². The summed E-state index contributed by atoms with van der Waals surface area (Å²) < 4.78 is 6.82. The lowest BCUT2D eigenvalue weighted by Crippen LogP contribution is -2.38. The Bertz CT molecular complexity index is 427. The van der Waals surface area contributed by atoms with Crippen molar-refractivity contribution in [2.75, 3.05) is 25.6 Å². The molecule has 19 heavy (non-hydrogen) atoms. The first-order chi connectivity index (χ1) is 9.04. The maximum atomic E-state index is 11.9. The topological polar surface area (TPSA) is 50.4 Å². The van der Waals surface area contributed by atoms with E-state index in [9.17, 15) is 4.79 Å². The molecule has 0 aliphatic heterocycles. The lowest BCUT2D eigenvalue weighted by Gasteiger charge is -2.16. The van der Waals surface area contributed by atoms with Gasteiger partial charge >= 0.3 is 0 Å². The van der Waals surface area contributed by atoms with Crippen LogP contribution >= 0.6 is 31.9 Å². The Labute approximate surface area is 130 Å². The summed E-state index contributed by atoms with van der Waals surface area (Å²) in [7, 11) is 1.65. The van der Waals surface area contributed by atoms with Crippen molar-refractivity contribution in [3.05, 3.63) is 27.1 Å². The molecule has 2 N–H and O–H groups in total. The van der Waals surface area contributed by atoms with E-state index in [0.29, 0.717) is 13.2 Å². The number of carbonyl (C=O) groups excluding carboxylic acids is 1. The van der Waals surface area contributed by atoms with E-state index in [1.165, 1.54) is 0 Å². The Morgan fingerprint density at radius 1 is 1.42 bits per heavy atom. The summed E-state index contributed by atoms with van der Waals surface area (Å²) in [6.45, 7) is 3.11. The number of ether oxygens (including phenoxy) is 1. The highest BCUT2D eigenvalue weighted by Gasteiger charge is 2.13. The Morgan fingerprint density at radius 2 is 2.16 bits per heavy atom. The third-order valence-electron chi connectivity index (χ3n) is 2.52. The minimum Gasteiger partial charge on any atom is -0.385 e. The van der Waals surface area contributed by atoms with Gasteiger partial charge in [0.15, 0.2) is 0 Å². The van der Waals surface area contributed by atoms with Gasteiger partial charge in [0.2, 0.25) is 5.91 Å². The molecular formula is C13H18Br2N2O2. The first kappa shape index (κ1) is 16.5. The number of carbonyl (C=O) groups is 1. The zero-order valence-electron chi connectivity index (χ0n) is 11.0. The van der Waals surface area contributed by atoms with E-state index in [1.54, 1.807) is 7.11 Å². The van der Waals surface area contributed by atoms with Crippen molar-refractivity contribution in [3.63, 3.8) is 0 Å². The fourth-order valence-electron chi connectivity index (χ4n) is 1.49. The number of amides is 1. The van der Waals surface area contributed by atoms with Crippen LogP contribution in [-0.4, -0.2) is 32.2 Å². The van der Waals surface area contributed by atoms with Crippen LogP contribution in [0.5, 0.6) is 0 Å². The van der Waals surface area contributed by atoms with Crippen LogP contribution in [-0.2, 0) is 9.53 Å². The van der Waals surface area contributed by atoms with Crippen LogP contribution in [0.2, 0.25) is 0 Å². The molecule has 0 aliphatic rings. The summed E-state index contributed by atoms with van der Waals surface area (Å²) >= 11 is 6.86. The van der Waals surface area contributed by atoms with Gasteiger partial charge < -0.3 is 15.4 Å². The Morgan fingerprint density at radius 3 is 2.84 bits per heavy atom. The van der Waals surface area contributed by atoms with Crippen molar-refractivity contribution in [3.8, 4) is 0 Å². The Hall–Kier alpha value is -0.590. The predicted octanol–water partition coefficient (Wildman–Crippen LogP) is 3.16. The number of hydrogen-bond donors (Lipinski definition) is 2. The molecule has 0 aliphatic carbocycles. The molecule has 0 saturated carbocycles. The van der Waals surface area contributed by atoms with E-state index < -0.39 is 0 Å². The molecule has 0 bridgehead atoms. The molecule has 0 spiro atoms. The van der Waals surface area contributed by atoms with Crippen LogP contribution in [0.4, 0.5) is 5.69 Å². The largest absolute Gasteiger partial charge is 0.385 e. The highest BCUT2D eigenvalue weighted by atomic mass is 79.9. The second-order valence-corrected chi connectivity index (χ2v) is 5.90. The number of benzene rings is 1. The van der Waals surface area contributed by atoms with Crippen molar-refractivity contribution in [1.82, 2.24) is 5.32 Å². The summed E-state index contributed by atoms with van der Waals surface area (Å²) in [5, 5.41) is 6.03. The van der Waals surface area contributed by atoms with Crippen molar-refractivity contribution in [2.45, 2.75) is 19.4 Å². The number of hydrogen-bond acceptors (Lipinski definition) is 3. The van der Waals surface area contributed by atoms with Crippen LogP contribution < -0.4 is 10.6 Å². The summed E-state index contributed by atoms with van der Waals surface area (Å²) in [6, 6.07) is 5.49. The molecule has 0 aromatic heterocycles. The highest BCUT2D eigenvalue weighted by Crippen LogP contribution is 2.26. The Balaban J connectivity index is 2.47. The fourth-order valence-corrected chi connectivity index (χ4v) is 2.21. The molecule has 1 amide bonds. The first-order valence-electron chi connectivity index (χ1n) is 6.03. The molecule has 1 aromatic rings. The molecule has 0 radical (unpaired) electrons. The Kier molecular flexibility index (Phi) is 7.41. The first-order valence-corrected chi connectivity index (χ1v) is 7.61. The van der Waals surface area contributed by atoms with E-state index in [1.807, 2.05) is 25.1 Å². The zero-order chi connectivity index (χ0) is 14.3. The van der Waals surface area contributed by atoms with Crippen molar-refractivity contribution < 1.29 is 9.53 Å². The molecule has 106 valence electrons. The molecule has 0 fully saturated rings. The molecule has 1 rings (SSSR count). The second-order valence-electron chi connectivity index (χ2n) is 4.13. The minimum atomic E-state index is -0.298. The maximum Gasteiger partial charge on any atom is 0.242 e. The van der Waals surface area contributed by atoms with Gasteiger partial charge in [0.05, 0.1) is 5.69 Å². The molecule has 1 aromatic carbocycles. The van der Waals surface area contributed by atoms with Gasteiger partial charge in [-0.15, -0.1) is 0 Å².